The van der Waals surface area contributed by atoms with Crippen molar-refractivity contribution >= 4 is 95.6 Å². The van der Waals surface area contributed by atoms with Gasteiger partial charge in [-0.2, -0.15) is 0 Å². The van der Waals surface area contributed by atoms with Crippen LogP contribution < -0.4 is 0 Å². The van der Waals surface area contributed by atoms with Crippen LogP contribution >= 0.6 is 95.6 Å². The minimum absolute atomic E-state index is 0.394. The molecule has 18 heavy (non-hydrogen) atoms. The van der Waals surface area contributed by atoms with Gasteiger partial charge in [0.1, 0.15) is 0 Å². The Morgan fingerprint density at radius 3 is 1.11 bits per heavy atom. The zero-order valence-electron chi connectivity index (χ0n) is 9.97. The van der Waals surface area contributed by atoms with Crippen molar-refractivity contribution in [3.63, 3.8) is 0 Å². The van der Waals surface area contributed by atoms with Crippen LogP contribution in [0.2, 0.25) is 0 Å². The molecule has 0 saturated heterocycles. The SMILES string of the molecule is Br[C@@H]1[C@H](Br)[C@@H](Br)[C@H](Br)CCCCCC[C@H](Br)[C@@H]1Br. The van der Waals surface area contributed by atoms with E-state index in [-0.39, 0.29) is 0 Å². The van der Waals surface area contributed by atoms with Crippen molar-refractivity contribution in [3.05, 3.63) is 0 Å². The molecule has 0 amide bonds. The van der Waals surface area contributed by atoms with Crippen molar-refractivity contribution in [2.45, 2.75) is 67.5 Å². The lowest BCUT2D eigenvalue weighted by Crippen LogP contribution is -2.39. The van der Waals surface area contributed by atoms with Crippen molar-refractivity contribution in [2.75, 3.05) is 0 Å². The molecule has 0 nitrogen and oxygen atoms in total. The van der Waals surface area contributed by atoms with Crippen molar-refractivity contribution in [1.82, 2.24) is 0 Å². The molecule has 0 N–H and O–H groups in total. The Kier molecular flexibility index (Phi) is 10.3. The summed E-state index contributed by atoms with van der Waals surface area (Å²) >= 11 is 23.0. The third kappa shape index (κ3) is 5.94. The van der Waals surface area contributed by atoms with Crippen molar-refractivity contribution < 1.29 is 0 Å². The van der Waals surface area contributed by atoms with Gasteiger partial charge in [0.2, 0.25) is 0 Å². The number of hydrogen-bond donors (Lipinski definition) is 0. The quantitative estimate of drug-likeness (QED) is 0.252. The fourth-order valence-electron chi connectivity index (χ4n) is 2.10. The second-order valence-electron chi connectivity index (χ2n) is 4.80. The van der Waals surface area contributed by atoms with Crippen LogP contribution in [0.15, 0.2) is 0 Å². The van der Waals surface area contributed by atoms with E-state index in [0.29, 0.717) is 29.0 Å². The Balaban J connectivity index is 2.71. The highest BCUT2D eigenvalue weighted by Gasteiger charge is 2.35. The molecule has 0 heterocycles. The average molecular weight is 642 g/mol. The Morgan fingerprint density at radius 1 is 0.444 bits per heavy atom. The van der Waals surface area contributed by atoms with E-state index in [1.807, 2.05) is 0 Å². The standard InChI is InChI=1S/C12H18Br6/c13-7-5-3-1-2-4-6-8(14)10(16)12(18)11(17)9(7)15/h7-12H,1-6H2/t7-,8+,9-,10-,11-,12+/m0/s1. The highest BCUT2D eigenvalue weighted by Crippen LogP contribution is 2.37. The Labute approximate surface area is 161 Å². The van der Waals surface area contributed by atoms with Gasteiger partial charge in [0, 0.05) is 29.0 Å². The summed E-state index contributed by atoms with van der Waals surface area (Å²) < 4.78 is 0. The highest BCUT2D eigenvalue weighted by atomic mass is 79.9. The molecule has 0 unspecified atom stereocenters. The summed E-state index contributed by atoms with van der Waals surface area (Å²) in [5, 5.41) is 0. The smallest absolute Gasteiger partial charge is 0.0418 e. The van der Waals surface area contributed by atoms with Gasteiger partial charge >= 0.3 is 0 Å². The largest absolute Gasteiger partial charge is 0.0878 e. The van der Waals surface area contributed by atoms with Crippen LogP contribution in [0.3, 0.4) is 0 Å². The summed E-state index contributed by atoms with van der Waals surface area (Å²) in [5.74, 6) is 0. The minimum Gasteiger partial charge on any atom is -0.0878 e. The maximum absolute atomic E-state index is 3.84. The summed E-state index contributed by atoms with van der Waals surface area (Å²) in [6.45, 7) is 0. The van der Waals surface area contributed by atoms with E-state index in [1.165, 1.54) is 38.5 Å². The van der Waals surface area contributed by atoms with E-state index in [9.17, 15) is 0 Å². The molecule has 1 rings (SSSR count). The number of alkyl halides is 6. The summed E-state index contributed by atoms with van der Waals surface area (Å²) in [6.07, 6.45) is 7.80. The summed E-state index contributed by atoms with van der Waals surface area (Å²) in [7, 11) is 0. The van der Waals surface area contributed by atoms with Crippen molar-refractivity contribution in [2.24, 2.45) is 0 Å². The molecule has 0 aromatic rings. The molecular weight excluding hydrogens is 624 g/mol. The molecule has 1 saturated carbocycles. The van der Waals surface area contributed by atoms with Gasteiger partial charge in [-0.15, -0.1) is 0 Å². The van der Waals surface area contributed by atoms with Crippen LogP contribution in [-0.4, -0.2) is 29.0 Å². The van der Waals surface area contributed by atoms with Gasteiger partial charge in [-0.05, 0) is 12.8 Å². The molecule has 0 aliphatic heterocycles. The summed E-state index contributed by atoms with van der Waals surface area (Å²) in [4.78, 5) is 2.70. The van der Waals surface area contributed by atoms with E-state index < -0.39 is 0 Å². The molecule has 1 aliphatic rings. The zero-order valence-corrected chi connectivity index (χ0v) is 19.5. The second-order valence-corrected chi connectivity index (χ2v) is 11.4. The van der Waals surface area contributed by atoms with E-state index in [0.717, 1.165) is 0 Å². The predicted molar refractivity (Wildman–Crippen MR) is 104 cm³/mol. The fourth-order valence-corrected chi connectivity index (χ4v) is 7.63. The first kappa shape index (κ1) is 18.9. The highest BCUT2D eigenvalue weighted by molar-refractivity contribution is 9.15. The average Bonchev–Trinajstić information content (AvgIpc) is 2.37. The molecule has 0 spiro atoms. The molecule has 1 fully saturated rings. The lowest BCUT2D eigenvalue weighted by atomic mass is 10.0. The maximum Gasteiger partial charge on any atom is 0.0418 e. The normalized spacial score (nSPS) is 45.0. The van der Waals surface area contributed by atoms with Crippen molar-refractivity contribution in [1.29, 1.82) is 0 Å². The monoisotopic (exact) mass is 636 g/mol. The van der Waals surface area contributed by atoms with E-state index in [1.54, 1.807) is 0 Å². The Bertz CT molecular complexity index is 213. The fraction of sp³-hybridized carbons (Fsp3) is 1.00. The van der Waals surface area contributed by atoms with Gasteiger partial charge in [-0.25, -0.2) is 0 Å². The number of halogens is 6. The topological polar surface area (TPSA) is 0 Å². The Hall–Kier alpha value is 2.88. The molecule has 0 radical (unpaired) electrons. The predicted octanol–water partition coefficient (Wildman–Crippen LogP) is 6.92. The minimum atomic E-state index is 0.394. The van der Waals surface area contributed by atoms with E-state index >= 15 is 0 Å². The van der Waals surface area contributed by atoms with Crippen LogP contribution in [0.25, 0.3) is 0 Å². The van der Waals surface area contributed by atoms with Gasteiger partial charge in [0.25, 0.3) is 0 Å². The van der Waals surface area contributed by atoms with Crippen LogP contribution in [-0.2, 0) is 0 Å². The van der Waals surface area contributed by atoms with Gasteiger partial charge in [-0.1, -0.05) is 121 Å². The van der Waals surface area contributed by atoms with Gasteiger partial charge < -0.3 is 0 Å². The van der Waals surface area contributed by atoms with Gasteiger partial charge in [0.05, 0.1) is 0 Å². The summed E-state index contributed by atoms with van der Waals surface area (Å²) in [5.41, 5.74) is 0. The molecule has 0 aromatic carbocycles. The van der Waals surface area contributed by atoms with Crippen LogP contribution in [0, 0.1) is 0 Å². The third-order valence-corrected chi connectivity index (χ3v) is 13.6. The zero-order chi connectivity index (χ0) is 13.7. The summed E-state index contributed by atoms with van der Waals surface area (Å²) in [6, 6.07) is 0. The van der Waals surface area contributed by atoms with Crippen molar-refractivity contribution in [3.8, 4) is 0 Å². The van der Waals surface area contributed by atoms with E-state index in [2.05, 4.69) is 95.6 Å². The molecule has 0 aromatic heterocycles. The lowest BCUT2D eigenvalue weighted by molar-refractivity contribution is 0.549. The number of hydrogen-bond acceptors (Lipinski definition) is 0. The molecule has 1 aliphatic carbocycles. The first-order valence-electron chi connectivity index (χ1n) is 6.29. The van der Waals surface area contributed by atoms with Crippen LogP contribution in [0.1, 0.15) is 38.5 Å². The maximum atomic E-state index is 3.84. The first-order valence-corrected chi connectivity index (χ1v) is 11.8. The van der Waals surface area contributed by atoms with Crippen LogP contribution in [0.5, 0.6) is 0 Å². The molecule has 6 heteroatoms. The molecule has 108 valence electrons. The Morgan fingerprint density at radius 2 is 0.778 bits per heavy atom. The van der Waals surface area contributed by atoms with Crippen LogP contribution in [0.4, 0.5) is 0 Å². The van der Waals surface area contributed by atoms with E-state index in [4.69, 9.17) is 0 Å². The van der Waals surface area contributed by atoms with Gasteiger partial charge in [0.15, 0.2) is 0 Å². The molecule has 0 bridgehead atoms. The lowest BCUT2D eigenvalue weighted by Gasteiger charge is -2.31. The molecule has 6 atom stereocenters. The first-order chi connectivity index (χ1) is 8.45. The third-order valence-electron chi connectivity index (χ3n) is 3.31. The number of rotatable bonds is 0. The second kappa shape index (κ2) is 9.81. The van der Waals surface area contributed by atoms with Gasteiger partial charge in [-0.3, -0.25) is 0 Å². The molecular formula is C12H18Br6.